The Labute approximate surface area is 197 Å². The number of amides is 2. The van der Waals surface area contributed by atoms with E-state index in [4.69, 9.17) is 9.26 Å². The number of nitrogens with one attached hydrogen (secondary N) is 2. The van der Waals surface area contributed by atoms with E-state index in [0.717, 1.165) is 17.5 Å². The SMILES string of the molecule is Cc1ccccc1C(=O)Nc1ccc(OCc2cc(C(=O)NCCc3ccccc3)no2)cc1. The molecule has 0 spiro atoms. The van der Waals surface area contributed by atoms with Gasteiger partial charge in [0.15, 0.2) is 11.5 Å². The molecule has 0 aliphatic heterocycles. The monoisotopic (exact) mass is 455 g/mol. The van der Waals surface area contributed by atoms with Gasteiger partial charge in [-0.05, 0) is 54.8 Å². The number of rotatable bonds is 9. The van der Waals surface area contributed by atoms with Crippen molar-refractivity contribution in [3.05, 3.63) is 113 Å². The summed E-state index contributed by atoms with van der Waals surface area (Å²) in [5, 5.41) is 9.53. The van der Waals surface area contributed by atoms with Crippen molar-refractivity contribution in [2.75, 3.05) is 11.9 Å². The smallest absolute Gasteiger partial charge is 0.273 e. The van der Waals surface area contributed by atoms with Crippen molar-refractivity contribution >= 4 is 17.5 Å². The highest BCUT2D eigenvalue weighted by Crippen LogP contribution is 2.19. The molecule has 0 fully saturated rings. The maximum atomic E-state index is 12.4. The average molecular weight is 456 g/mol. The van der Waals surface area contributed by atoms with Gasteiger partial charge in [0.2, 0.25) is 0 Å². The number of carbonyl (C=O) groups is 2. The second kappa shape index (κ2) is 11.0. The van der Waals surface area contributed by atoms with Crippen LogP contribution in [0, 0.1) is 6.92 Å². The van der Waals surface area contributed by atoms with Gasteiger partial charge in [0.25, 0.3) is 11.8 Å². The highest BCUT2D eigenvalue weighted by molar-refractivity contribution is 6.05. The van der Waals surface area contributed by atoms with Crippen molar-refractivity contribution in [1.82, 2.24) is 10.5 Å². The van der Waals surface area contributed by atoms with Gasteiger partial charge in [-0.25, -0.2) is 0 Å². The van der Waals surface area contributed by atoms with Crippen LogP contribution in [0.4, 0.5) is 5.69 Å². The van der Waals surface area contributed by atoms with E-state index >= 15 is 0 Å². The van der Waals surface area contributed by atoms with Gasteiger partial charge in [0.1, 0.15) is 12.4 Å². The minimum Gasteiger partial charge on any atom is -0.486 e. The number of carbonyl (C=O) groups excluding carboxylic acids is 2. The summed E-state index contributed by atoms with van der Waals surface area (Å²) >= 11 is 0. The molecule has 1 heterocycles. The molecule has 172 valence electrons. The van der Waals surface area contributed by atoms with E-state index in [0.29, 0.717) is 29.3 Å². The standard InChI is InChI=1S/C27H25N3O4/c1-19-7-5-6-10-24(19)26(31)29-21-11-13-22(14-12-21)33-18-23-17-25(30-34-23)27(32)28-16-15-20-8-3-2-4-9-20/h2-14,17H,15-16,18H2,1H3,(H,28,32)(H,29,31). The second-order valence-corrected chi connectivity index (χ2v) is 7.75. The first-order chi connectivity index (χ1) is 16.6. The number of anilines is 1. The van der Waals surface area contributed by atoms with E-state index in [-0.39, 0.29) is 24.1 Å². The first kappa shape index (κ1) is 22.8. The molecule has 3 aromatic carbocycles. The number of aryl methyl sites for hydroxylation is 1. The maximum absolute atomic E-state index is 12.4. The molecular weight excluding hydrogens is 430 g/mol. The van der Waals surface area contributed by atoms with Crippen LogP contribution in [0.25, 0.3) is 0 Å². The van der Waals surface area contributed by atoms with Crippen molar-refractivity contribution in [2.45, 2.75) is 20.0 Å². The van der Waals surface area contributed by atoms with Crippen LogP contribution in [-0.4, -0.2) is 23.5 Å². The number of nitrogens with zero attached hydrogens (tertiary/aromatic N) is 1. The summed E-state index contributed by atoms with van der Waals surface area (Å²) < 4.78 is 10.9. The third-order valence-corrected chi connectivity index (χ3v) is 5.22. The molecule has 0 aliphatic rings. The van der Waals surface area contributed by atoms with Crippen LogP contribution in [-0.2, 0) is 13.0 Å². The molecule has 0 radical (unpaired) electrons. The molecule has 4 rings (SSSR count). The Morgan fingerprint density at radius 2 is 1.65 bits per heavy atom. The van der Waals surface area contributed by atoms with Gasteiger partial charge in [0.05, 0.1) is 0 Å². The van der Waals surface area contributed by atoms with Crippen LogP contribution in [0.2, 0.25) is 0 Å². The van der Waals surface area contributed by atoms with E-state index in [1.54, 1.807) is 36.4 Å². The van der Waals surface area contributed by atoms with Crippen LogP contribution in [0.1, 0.15) is 37.7 Å². The molecule has 7 nitrogen and oxygen atoms in total. The molecule has 0 atom stereocenters. The summed E-state index contributed by atoms with van der Waals surface area (Å²) in [4.78, 5) is 24.7. The normalized spacial score (nSPS) is 10.5. The molecular formula is C27H25N3O4. The Hall–Kier alpha value is -4.39. The predicted molar refractivity (Wildman–Crippen MR) is 129 cm³/mol. The fourth-order valence-electron chi connectivity index (χ4n) is 3.36. The first-order valence-electron chi connectivity index (χ1n) is 11.0. The van der Waals surface area contributed by atoms with Gasteiger partial charge in [0, 0.05) is 23.9 Å². The topological polar surface area (TPSA) is 93.5 Å². The lowest BCUT2D eigenvalue weighted by molar-refractivity contribution is 0.0944. The molecule has 0 saturated heterocycles. The maximum Gasteiger partial charge on any atom is 0.273 e. The van der Waals surface area contributed by atoms with Crippen molar-refractivity contribution in [3.63, 3.8) is 0 Å². The lowest BCUT2D eigenvalue weighted by Crippen LogP contribution is -2.25. The molecule has 0 bridgehead atoms. The largest absolute Gasteiger partial charge is 0.486 e. The molecule has 7 heteroatoms. The molecule has 34 heavy (non-hydrogen) atoms. The highest BCUT2D eigenvalue weighted by atomic mass is 16.5. The summed E-state index contributed by atoms with van der Waals surface area (Å²) in [5.41, 5.74) is 3.57. The molecule has 0 unspecified atom stereocenters. The zero-order chi connectivity index (χ0) is 23.8. The zero-order valence-corrected chi connectivity index (χ0v) is 18.8. The van der Waals surface area contributed by atoms with Crippen LogP contribution >= 0.6 is 0 Å². The second-order valence-electron chi connectivity index (χ2n) is 7.75. The minimum absolute atomic E-state index is 0.124. The highest BCUT2D eigenvalue weighted by Gasteiger charge is 2.13. The van der Waals surface area contributed by atoms with Gasteiger partial charge in [-0.2, -0.15) is 0 Å². The number of ether oxygens (including phenoxy) is 1. The molecule has 2 amide bonds. The number of benzene rings is 3. The molecule has 1 aromatic heterocycles. The fraction of sp³-hybridized carbons (Fsp3) is 0.148. The molecule has 0 saturated carbocycles. The summed E-state index contributed by atoms with van der Waals surface area (Å²) in [6.45, 7) is 2.53. The minimum atomic E-state index is -0.292. The first-order valence-corrected chi connectivity index (χ1v) is 11.0. The lowest BCUT2D eigenvalue weighted by atomic mass is 10.1. The molecule has 2 N–H and O–H groups in total. The third kappa shape index (κ3) is 6.10. The average Bonchev–Trinajstić information content (AvgIpc) is 3.34. The van der Waals surface area contributed by atoms with Crippen LogP contribution in [0.3, 0.4) is 0 Å². The van der Waals surface area contributed by atoms with Crippen molar-refractivity contribution in [2.24, 2.45) is 0 Å². The Bertz CT molecular complexity index is 1250. The lowest BCUT2D eigenvalue weighted by Gasteiger charge is -2.09. The zero-order valence-electron chi connectivity index (χ0n) is 18.8. The van der Waals surface area contributed by atoms with Crippen molar-refractivity contribution in [1.29, 1.82) is 0 Å². The predicted octanol–water partition coefficient (Wildman–Crippen LogP) is 4.79. The van der Waals surface area contributed by atoms with Gasteiger partial charge < -0.3 is 19.9 Å². The Morgan fingerprint density at radius 1 is 0.912 bits per heavy atom. The van der Waals surface area contributed by atoms with Gasteiger partial charge in [-0.1, -0.05) is 53.7 Å². The summed E-state index contributed by atoms with van der Waals surface area (Å²) in [6, 6.07) is 25.9. The third-order valence-electron chi connectivity index (χ3n) is 5.22. The van der Waals surface area contributed by atoms with E-state index in [9.17, 15) is 9.59 Å². The van der Waals surface area contributed by atoms with Crippen LogP contribution in [0.15, 0.2) is 89.5 Å². The van der Waals surface area contributed by atoms with Crippen LogP contribution < -0.4 is 15.4 Å². The fourth-order valence-corrected chi connectivity index (χ4v) is 3.36. The van der Waals surface area contributed by atoms with Gasteiger partial charge >= 0.3 is 0 Å². The Morgan fingerprint density at radius 3 is 2.41 bits per heavy atom. The molecule has 4 aromatic rings. The summed E-state index contributed by atoms with van der Waals surface area (Å²) in [6.07, 6.45) is 0.738. The van der Waals surface area contributed by atoms with Gasteiger partial charge in [-0.15, -0.1) is 0 Å². The van der Waals surface area contributed by atoms with Crippen molar-refractivity contribution < 1.29 is 18.8 Å². The quantitative estimate of drug-likeness (QED) is 0.379. The molecule has 0 aliphatic carbocycles. The number of aromatic nitrogens is 1. The number of hydrogen-bond donors (Lipinski definition) is 2. The van der Waals surface area contributed by atoms with E-state index in [1.165, 1.54) is 0 Å². The van der Waals surface area contributed by atoms with Crippen LogP contribution in [0.5, 0.6) is 5.75 Å². The van der Waals surface area contributed by atoms with Crippen molar-refractivity contribution in [3.8, 4) is 5.75 Å². The Kier molecular flexibility index (Phi) is 7.35. The Balaban J connectivity index is 1.24. The summed E-state index contributed by atoms with van der Waals surface area (Å²) in [5.74, 6) is 0.576. The van der Waals surface area contributed by atoms with E-state index < -0.39 is 0 Å². The van der Waals surface area contributed by atoms with Gasteiger partial charge in [-0.3, -0.25) is 9.59 Å². The summed E-state index contributed by atoms with van der Waals surface area (Å²) in [7, 11) is 0. The number of hydrogen-bond acceptors (Lipinski definition) is 5. The van der Waals surface area contributed by atoms with E-state index in [2.05, 4.69) is 15.8 Å². The van der Waals surface area contributed by atoms with E-state index in [1.807, 2.05) is 55.5 Å².